The highest BCUT2D eigenvalue weighted by Gasteiger charge is 2.27. The zero-order valence-electron chi connectivity index (χ0n) is 14.0. The summed E-state index contributed by atoms with van der Waals surface area (Å²) in [4.78, 5) is 4.81. The van der Waals surface area contributed by atoms with Crippen LogP contribution in [-0.2, 0) is 5.92 Å². The summed E-state index contributed by atoms with van der Waals surface area (Å²) in [5, 5.41) is 18.5. The van der Waals surface area contributed by atoms with Crippen molar-refractivity contribution in [2.45, 2.75) is 32.6 Å². The van der Waals surface area contributed by atoms with Crippen LogP contribution in [0.5, 0.6) is 0 Å². The smallest absolute Gasteiger partial charge is 0.287 e. The van der Waals surface area contributed by atoms with Gasteiger partial charge in [0.25, 0.3) is 5.92 Å². The van der Waals surface area contributed by atoms with Crippen molar-refractivity contribution < 1.29 is 14.0 Å². The van der Waals surface area contributed by atoms with Gasteiger partial charge in [-0.1, -0.05) is 19.1 Å². The number of nitrogens with one attached hydrogen (secondary N) is 1. The number of hydrogen-bond acceptors (Lipinski definition) is 5. The lowest BCUT2D eigenvalue weighted by molar-refractivity contribution is 0.0135. The van der Waals surface area contributed by atoms with Gasteiger partial charge in [-0.15, -0.1) is 21.3 Å². The van der Waals surface area contributed by atoms with E-state index in [-0.39, 0.29) is 11.6 Å². The fourth-order valence-corrected chi connectivity index (χ4v) is 3.42. The maximum atomic E-state index is 13.2. The number of rotatable bonds is 5. The molecule has 0 aliphatic rings. The van der Waals surface area contributed by atoms with Gasteiger partial charge in [0, 0.05) is 23.9 Å². The number of alkyl halides is 2. The first-order chi connectivity index (χ1) is 11.8. The molecule has 2 aromatic heterocycles. The first kappa shape index (κ1) is 17.3. The van der Waals surface area contributed by atoms with Crippen LogP contribution >= 0.6 is 11.3 Å². The molecule has 0 bridgehead atoms. The van der Waals surface area contributed by atoms with Crippen molar-refractivity contribution >= 4 is 22.2 Å². The van der Waals surface area contributed by atoms with Crippen molar-refractivity contribution in [1.29, 1.82) is 0 Å². The summed E-state index contributed by atoms with van der Waals surface area (Å²) in [6.07, 6.45) is 1.62. The topological polar surface area (TPSA) is 63.0 Å². The lowest BCUT2D eigenvalue weighted by Crippen LogP contribution is -2.07. The number of nitrogens with zero attached hydrogens (tertiary/aromatic N) is 3. The molecule has 0 amide bonds. The molecule has 0 spiro atoms. The summed E-state index contributed by atoms with van der Waals surface area (Å²) in [5.41, 5.74) is 3.16. The molecule has 1 aromatic carbocycles. The predicted octanol–water partition coefficient (Wildman–Crippen LogP) is 4.89. The predicted molar refractivity (Wildman–Crippen MR) is 93.1 cm³/mol. The molecule has 3 aromatic rings. The number of anilines is 2. The van der Waals surface area contributed by atoms with Crippen molar-refractivity contribution in [2.24, 2.45) is 0 Å². The van der Waals surface area contributed by atoms with E-state index in [9.17, 15) is 14.0 Å². The quantitative estimate of drug-likeness (QED) is 0.633. The van der Waals surface area contributed by atoms with Crippen molar-refractivity contribution in [3.05, 3.63) is 58.4 Å². The van der Waals surface area contributed by atoms with Crippen LogP contribution in [0, 0.1) is 6.92 Å². The molecule has 8 heteroatoms. The van der Waals surface area contributed by atoms with Crippen molar-refractivity contribution in [1.82, 2.24) is 14.9 Å². The molecule has 0 aliphatic heterocycles. The zero-order chi connectivity index (χ0) is 18.2. The zero-order valence-corrected chi connectivity index (χ0v) is 14.8. The van der Waals surface area contributed by atoms with Gasteiger partial charge >= 0.3 is 0 Å². The SMILES string of the molecule is Cc1cnn(O)c1C(C)c1ccc(Nc2nc(C(C)(F)F)cs2)cc1. The molecular weight excluding hydrogens is 346 g/mol. The molecule has 2 N–H and O–H groups in total. The van der Waals surface area contributed by atoms with Crippen LogP contribution in [0.25, 0.3) is 0 Å². The first-order valence-electron chi connectivity index (χ1n) is 7.70. The van der Waals surface area contributed by atoms with Crippen LogP contribution in [0.3, 0.4) is 0 Å². The van der Waals surface area contributed by atoms with E-state index in [0.29, 0.717) is 5.13 Å². The summed E-state index contributed by atoms with van der Waals surface area (Å²) in [6, 6.07) is 7.54. The van der Waals surface area contributed by atoms with E-state index in [1.165, 1.54) is 5.38 Å². The molecule has 0 saturated heterocycles. The minimum absolute atomic E-state index is 0.0354. The fourth-order valence-electron chi connectivity index (χ4n) is 2.61. The van der Waals surface area contributed by atoms with E-state index < -0.39 is 5.92 Å². The highest BCUT2D eigenvalue weighted by molar-refractivity contribution is 7.13. The molecule has 0 radical (unpaired) electrons. The Bertz CT molecular complexity index is 848. The first-order valence-corrected chi connectivity index (χ1v) is 8.58. The van der Waals surface area contributed by atoms with E-state index in [0.717, 1.165) is 45.6 Å². The van der Waals surface area contributed by atoms with Gasteiger partial charge in [-0.05, 0) is 30.2 Å². The second-order valence-electron chi connectivity index (χ2n) is 6.00. The molecule has 1 atom stereocenters. The van der Waals surface area contributed by atoms with Gasteiger partial charge in [-0.25, -0.2) is 4.98 Å². The maximum absolute atomic E-state index is 13.2. The summed E-state index contributed by atoms with van der Waals surface area (Å²) < 4.78 is 26.5. The Labute approximate surface area is 147 Å². The van der Waals surface area contributed by atoms with Gasteiger partial charge in [0.1, 0.15) is 5.69 Å². The van der Waals surface area contributed by atoms with Crippen LogP contribution in [-0.4, -0.2) is 20.1 Å². The van der Waals surface area contributed by atoms with Gasteiger partial charge in [-0.3, -0.25) is 0 Å². The number of thiazole rings is 1. The Balaban J connectivity index is 1.75. The lowest BCUT2D eigenvalue weighted by Gasteiger charge is -2.13. The molecule has 3 rings (SSSR count). The molecule has 0 saturated carbocycles. The number of halogens is 2. The van der Waals surface area contributed by atoms with E-state index >= 15 is 0 Å². The van der Waals surface area contributed by atoms with E-state index in [2.05, 4.69) is 15.4 Å². The van der Waals surface area contributed by atoms with Crippen molar-refractivity contribution in [3.63, 3.8) is 0 Å². The van der Waals surface area contributed by atoms with Crippen LogP contribution in [0.2, 0.25) is 0 Å². The Morgan fingerprint density at radius 3 is 2.48 bits per heavy atom. The Hall–Kier alpha value is -2.48. The monoisotopic (exact) mass is 364 g/mol. The molecular formula is C17H18F2N4OS. The molecule has 5 nitrogen and oxygen atoms in total. The number of aryl methyl sites for hydroxylation is 1. The highest BCUT2D eigenvalue weighted by atomic mass is 32.1. The third kappa shape index (κ3) is 3.63. The van der Waals surface area contributed by atoms with E-state index in [1.807, 2.05) is 38.1 Å². The summed E-state index contributed by atoms with van der Waals surface area (Å²) in [7, 11) is 0. The number of hydrogen-bond donors (Lipinski definition) is 2. The summed E-state index contributed by atoms with van der Waals surface area (Å²) >= 11 is 1.14. The Morgan fingerprint density at radius 2 is 1.96 bits per heavy atom. The Kier molecular flexibility index (Phi) is 4.47. The second kappa shape index (κ2) is 6.44. The fraction of sp³-hybridized carbons (Fsp3) is 0.294. The van der Waals surface area contributed by atoms with Gasteiger partial charge < -0.3 is 10.5 Å². The second-order valence-corrected chi connectivity index (χ2v) is 6.86. The van der Waals surface area contributed by atoms with E-state index in [4.69, 9.17) is 0 Å². The molecule has 0 aliphatic carbocycles. The van der Waals surface area contributed by atoms with Gasteiger partial charge in [0.2, 0.25) is 0 Å². The van der Waals surface area contributed by atoms with Crippen LogP contribution in [0.15, 0.2) is 35.8 Å². The van der Waals surface area contributed by atoms with Crippen LogP contribution in [0.1, 0.15) is 42.3 Å². The molecule has 0 fully saturated rings. The number of aromatic nitrogens is 3. The van der Waals surface area contributed by atoms with E-state index in [1.54, 1.807) is 6.20 Å². The largest absolute Gasteiger partial charge is 0.411 e. The van der Waals surface area contributed by atoms with Crippen molar-refractivity contribution in [2.75, 3.05) is 5.32 Å². The van der Waals surface area contributed by atoms with Crippen molar-refractivity contribution in [3.8, 4) is 0 Å². The summed E-state index contributed by atoms with van der Waals surface area (Å²) in [6.45, 7) is 4.70. The van der Waals surface area contributed by atoms with Gasteiger partial charge in [0.05, 0.1) is 11.9 Å². The molecule has 132 valence electrons. The average molecular weight is 364 g/mol. The minimum atomic E-state index is -2.94. The van der Waals surface area contributed by atoms with Crippen LogP contribution < -0.4 is 5.32 Å². The highest BCUT2D eigenvalue weighted by Crippen LogP contribution is 2.32. The van der Waals surface area contributed by atoms with Gasteiger partial charge in [-0.2, -0.15) is 8.78 Å². The van der Waals surface area contributed by atoms with Gasteiger partial charge in [0.15, 0.2) is 5.13 Å². The Morgan fingerprint density at radius 1 is 1.28 bits per heavy atom. The van der Waals surface area contributed by atoms with Crippen LogP contribution in [0.4, 0.5) is 19.6 Å². The third-order valence-electron chi connectivity index (χ3n) is 4.01. The average Bonchev–Trinajstić information content (AvgIpc) is 3.14. The molecule has 25 heavy (non-hydrogen) atoms. The third-order valence-corrected chi connectivity index (χ3v) is 4.76. The number of benzene rings is 1. The minimum Gasteiger partial charge on any atom is -0.411 e. The summed E-state index contributed by atoms with van der Waals surface area (Å²) in [5.74, 6) is -2.98. The normalized spacial score (nSPS) is 13.0. The lowest BCUT2D eigenvalue weighted by atomic mass is 9.95. The maximum Gasteiger partial charge on any atom is 0.287 e. The molecule has 1 unspecified atom stereocenters. The molecule has 2 heterocycles. The standard InChI is InChI=1S/C17H18F2N4OS/c1-10-8-20-23(24)15(10)11(2)12-4-6-13(7-5-12)21-16-22-14(9-25-16)17(3,18)19/h4-9,11,24H,1-3H3,(H,21,22).